The van der Waals surface area contributed by atoms with E-state index in [1.165, 1.54) is 5.56 Å². The molecular weight excluding hydrogens is 298 g/mol. The molecule has 1 heterocycles. The Morgan fingerprint density at radius 2 is 2.14 bits per heavy atom. The second-order valence-corrected chi connectivity index (χ2v) is 5.93. The molecule has 0 radical (unpaired) electrons. The molecule has 0 bridgehead atoms. The second-order valence-electron chi connectivity index (χ2n) is 5.15. The topological polar surface area (TPSA) is 54.9 Å². The number of aliphatic imine (C=N–C) groups is 1. The van der Waals surface area contributed by atoms with Crippen LogP contribution in [-0.2, 0) is 9.47 Å². The van der Waals surface area contributed by atoms with Gasteiger partial charge in [0, 0.05) is 33.9 Å². The summed E-state index contributed by atoms with van der Waals surface area (Å²) >= 11 is 1.74. The first-order valence-electron chi connectivity index (χ1n) is 7.81. The Hall–Kier alpha value is -1.11. The molecule has 6 heteroatoms. The molecule has 1 rings (SSSR count). The smallest absolute Gasteiger partial charge is 0.190 e. The Labute approximate surface area is 138 Å². The molecule has 0 saturated heterocycles. The van der Waals surface area contributed by atoms with E-state index in [1.807, 2.05) is 0 Å². The van der Waals surface area contributed by atoms with Crippen molar-refractivity contribution in [3.63, 3.8) is 0 Å². The van der Waals surface area contributed by atoms with Gasteiger partial charge in [-0.1, -0.05) is 6.92 Å². The summed E-state index contributed by atoms with van der Waals surface area (Å²) in [5, 5.41) is 11.0. The Bertz CT molecular complexity index is 396. The number of unbranched alkanes of at least 4 members (excludes halogenated alkanes) is 1. The fourth-order valence-electron chi connectivity index (χ4n) is 1.92. The molecule has 126 valence electrons. The summed E-state index contributed by atoms with van der Waals surface area (Å²) in [4.78, 5) is 4.25. The number of nitrogens with one attached hydrogen (secondary N) is 2. The van der Waals surface area contributed by atoms with Crippen LogP contribution in [0, 0.1) is 0 Å². The first kappa shape index (κ1) is 18.9. The van der Waals surface area contributed by atoms with E-state index in [1.54, 1.807) is 25.5 Å². The number of ether oxygens (including phenoxy) is 2. The van der Waals surface area contributed by atoms with Gasteiger partial charge in [-0.25, -0.2) is 0 Å². The van der Waals surface area contributed by atoms with Crippen molar-refractivity contribution in [1.82, 2.24) is 10.6 Å². The van der Waals surface area contributed by atoms with Crippen LogP contribution in [0.3, 0.4) is 0 Å². The highest BCUT2D eigenvalue weighted by atomic mass is 32.1. The lowest BCUT2D eigenvalue weighted by atomic mass is 10.1. The van der Waals surface area contributed by atoms with E-state index < -0.39 is 0 Å². The monoisotopic (exact) mass is 327 g/mol. The molecule has 1 aromatic heterocycles. The molecule has 1 atom stereocenters. The molecule has 0 saturated carbocycles. The van der Waals surface area contributed by atoms with Gasteiger partial charge in [0.15, 0.2) is 5.96 Å². The van der Waals surface area contributed by atoms with E-state index in [4.69, 9.17) is 9.47 Å². The second kappa shape index (κ2) is 12.4. The highest BCUT2D eigenvalue weighted by Crippen LogP contribution is 2.16. The van der Waals surface area contributed by atoms with Gasteiger partial charge < -0.3 is 20.1 Å². The summed E-state index contributed by atoms with van der Waals surface area (Å²) in [6, 6.07) is 2.18. The van der Waals surface area contributed by atoms with Gasteiger partial charge in [0.1, 0.15) is 0 Å². The van der Waals surface area contributed by atoms with Crippen LogP contribution >= 0.6 is 11.3 Å². The van der Waals surface area contributed by atoms with Gasteiger partial charge in [0.25, 0.3) is 0 Å². The summed E-state index contributed by atoms with van der Waals surface area (Å²) in [5.41, 5.74) is 1.38. The van der Waals surface area contributed by atoms with Crippen LogP contribution in [-0.4, -0.2) is 53.0 Å². The average Bonchev–Trinajstić information content (AvgIpc) is 3.07. The van der Waals surface area contributed by atoms with Crippen molar-refractivity contribution in [2.75, 3.05) is 47.1 Å². The van der Waals surface area contributed by atoms with E-state index in [0.29, 0.717) is 19.1 Å². The first-order chi connectivity index (χ1) is 10.8. The normalized spacial score (nSPS) is 13.1. The molecule has 0 aromatic carbocycles. The predicted octanol–water partition coefficient (Wildman–Crippen LogP) is 2.46. The number of hydrogen-bond acceptors (Lipinski definition) is 4. The van der Waals surface area contributed by atoms with Gasteiger partial charge >= 0.3 is 0 Å². The van der Waals surface area contributed by atoms with Crippen molar-refractivity contribution in [1.29, 1.82) is 0 Å². The van der Waals surface area contributed by atoms with Gasteiger partial charge in [-0.3, -0.25) is 4.99 Å². The van der Waals surface area contributed by atoms with Crippen LogP contribution in [0.1, 0.15) is 31.2 Å². The van der Waals surface area contributed by atoms with Crippen molar-refractivity contribution in [2.24, 2.45) is 4.99 Å². The maximum Gasteiger partial charge on any atom is 0.190 e. The molecule has 0 fully saturated rings. The zero-order valence-corrected chi connectivity index (χ0v) is 14.7. The lowest BCUT2D eigenvalue weighted by Gasteiger charge is -2.15. The molecule has 0 aliphatic carbocycles. The highest BCUT2D eigenvalue weighted by Gasteiger charge is 2.06. The third-order valence-corrected chi connectivity index (χ3v) is 4.05. The van der Waals surface area contributed by atoms with Crippen molar-refractivity contribution in [3.8, 4) is 0 Å². The molecule has 1 unspecified atom stereocenters. The van der Waals surface area contributed by atoms with E-state index in [-0.39, 0.29) is 0 Å². The Morgan fingerprint density at radius 3 is 2.82 bits per heavy atom. The van der Waals surface area contributed by atoms with Gasteiger partial charge in [-0.15, -0.1) is 0 Å². The number of methoxy groups -OCH3 is 1. The Kier molecular flexibility index (Phi) is 10.7. The molecule has 0 amide bonds. The van der Waals surface area contributed by atoms with E-state index in [9.17, 15) is 0 Å². The summed E-state index contributed by atoms with van der Waals surface area (Å²) in [6.45, 7) is 6.13. The zero-order chi connectivity index (χ0) is 16.0. The molecule has 22 heavy (non-hydrogen) atoms. The SMILES string of the molecule is CN=C(NCCCCOCCOC)NCC(C)c1ccsc1. The summed E-state index contributed by atoms with van der Waals surface area (Å²) in [5.74, 6) is 1.35. The van der Waals surface area contributed by atoms with Gasteiger partial charge in [0.05, 0.1) is 13.2 Å². The lowest BCUT2D eigenvalue weighted by Crippen LogP contribution is -2.39. The van der Waals surface area contributed by atoms with Gasteiger partial charge in [-0.2, -0.15) is 11.3 Å². The van der Waals surface area contributed by atoms with Crippen molar-refractivity contribution < 1.29 is 9.47 Å². The quantitative estimate of drug-likeness (QED) is 0.372. The summed E-state index contributed by atoms with van der Waals surface area (Å²) in [7, 11) is 3.49. The first-order valence-corrected chi connectivity index (χ1v) is 8.75. The van der Waals surface area contributed by atoms with E-state index in [2.05, 4.69) is 39.4 Å². The number of nitrogens with zero attached hydrogens (tertiary/aromatic N) is 1. The molecule has 2 N–H and O–H groups in total. The zero-order valence-electron chi connectivity index (χ0n) is 13.9. The molecule has 0 aliphatic heterocycles. The minimum absolute atomic E-state index is 0.485. The van der Waals surface area contributed by atoms with Crippen molar-refractivity contribution in [2.45, 2.75) is 25.7 Å². The lowest BCUT2D eigenvalue weighted by molar-refractivity contribution is 0.0689. The van der Waals surface area contributed by atoms with Crippen LogP contribution in [0.5, 0.6) is 0 Å². The van der Waals surface area contributed by atoms with Crippen molar-refractivity contribution in [3.05, 3.63) is 22.4 Å². The van der Waals surface area contributed by atoms with E-state index in [0.717, 1.165) is 38.5 Å². The Morgan fingerprint density at radius 1 is 1.27 bits per heavy atom. The number of hydrogen-bond donors (Lipinski definition) is 2. The van der Waals surface area contributed by atoms with Crippen LogP contribution in [0.25, 0.3) is 0 Å². The molecule has 0 aliphatic rings. The molecule has 0 spiro atoms. The Balaban J connectivity index is 2.05. The van der Waals surface area contributed by atoms with Crippen LogP contribution in [0.15, 0.2) is 21.8 Å². The minimum atomic E-state index is 0.485. The molecular formula is C16H29N3O2S. The number of rotatable bonds is 11. The minimum Gasteiger partial charge on any atom is -0.382 e. The summed E-state index contributed by atoms with van der Waals surface area (Å²) in [6.07, 6.45) is 2.10. The largest absolute Gasteiger partial charge is 0.382 e. The maximum atomic E-state index is 5.43. The van der Waals surface area contributed by atoms with Crippen LogP contribution in [0.2, 0.25) is 0 Å². The average molecular weight is 327 g/mol. The maximum absolute atomic E-state index is 5.43. The number of thiophene rings is 1. The predicted molar refractivity (Wildman–Crippen MR) is 94.0 cm³/mol. The fraction of sp³-hybridized carbons (Fsp3) is 0.688. The molecule has 1 aromatic rings. The van der Waals surface area contributed by atoms with Gasteiger partial charge in [-0.05, 0) is 41.1 Å². The van der Waals surface area contributed by atoms with Crippen LogP contribution < -0.4 is 10.6 Å². The third kappa shape index (κ3) is 8.36. The third-order valence-electron chi connectivity index (χ3n) is 3.35. The molecule has 5 nitrogen and oxygen atoms in total. The van der Waals surface area contributed by atoms with Crippen LogP contribution in [0.4, 0.5) is 0 Å². The summed E-state index contributed by atoms with van der Waals surface area (Å²) < 4.78 is 10.4. The number of guanidine groups is 1. The van der Waals surface area contributed by atoms with Gasteiger partial charge in [0.2, 0.25) is 0 Å². The fourth-order valence-corrected chi connectivity index (χ4v) is 2.71. The highest BCUT2D eigenvalue weighted by molar-refractivity contribution is 7.07. The van der Waals surface area contributed by atoms with Crippen molar-refractivity contribution >= 4 is 17.3 Å². The van der Waals surface area contributed by atoms with E-state index >= 15 is 0 Å². The standard InChI is InChI=1S/C16H29N3O2S/c1-14(15-6-11-22-13-15)12-19-16(17-2)18-7-4-5-8-21-10-9-20-3/h6,11,13-14H,4-5,7-10,12H2,1-3H3,(H2,17,18,19).